The largest absolute Gasteiger partial charge is 0.457 e. The summed E-state index contributed by atoms with van der Waals surface area (Å²) in [6.45, 7) is 1.69. The number of ether oxygens (including phenoxy) is 3. The Bertz CT molecular complexity index is 499. The Balaban J connectivity index is 1.84. The second-order valence-electron chi connectivity index (χ2n) is 4.94. The summed E-state index contributed by atoms with van der Waals surface area (Å²) in [6, 6.07) is 15.3. The van der Waals surface area contributed by atoms with Crippen LogP contribution in [0.25, 0.3) is 0 Å². The van der Waals surface area contributed by atoms with E-state index in [1.54, 1.807) is 0 Å². The van der Waals surface area contributed by atoms with Crippen LogP contribution in [-0.4, -0.2) is 36.6 Å². The minimum absolute atomic E-state index is 0.0300. The molecule has 0 saturated heterocycles. The Kier molecular flexibility index (Phi) is 7.56. The highest BCUT2D eigenvalue weighted by atomic mass is 16.5. The van der Waals surface area contributed by atoms with Gasteiger partial charge in [-0.1, -0.05) is 24.3 Å². The molecule has 5 heteroatoms. The van der Waals surface area contributed by atoms with Crippen molar-refractivity contribution in [2.75, 3.05) is 26.4 Å². The molecule has 2 N–H and O–H groups in total. The van der Waals surface area contributed by atoms with Gasteiger partial charge >= 0.3 is 0 Å². The second kappa shape index (κ2) is 9.97. The van der Waals surface area contributed by atoms with Gasteiger partial charge in [-0.05, 0) is 35.4 Å². The number of benzene rings is 2. The Hall–Kier alpha value is -1.92. The van der Waals surface area contributed by atoms with Crippen LogP contribution < -0.4 is 4.74 Å². The summed E-state index contributed by atoms with van der Waals surface area (Å²) in [4.78, 5) is 0. The molecule has 0 radical (unpaired) electrons. The molecule has 2 aromatic carbocycles. The molecular weight excluding hydrogens is 296 g/mol. The maximum atomic E-state index is 8.67. The molecular formula is C18H22O5. The molecule has 0 aliphatic rings. The Morgan fingerprint density at radius 1 is 0.609 bits per heavy atom. The lowest BCUT2D eigenvalue weighted by Gasteiger charge is -2.08. The van der Waals surface area contributed by atoms with E-state index in [9.17, 15) is 0 Å². The van der Waals surface area contributed by atoms with Crippen molar-refractivity contribution < 1.29 is 24.4 Å². The average molecular weight is 318 g/mol. The summed E-state index contributed by atoms with van der Waals surface area (Å²) >= 11 is 0. The lowest BCUT2D eigenvalue weighted by molar-refractivity contribution is 0.0815. The van der Waals surface area contributed by atoms with Gasteiger partial charge in [0.05, 0.1) is 39.6 Å². The molecule has 0 fully saturated rings. The third-order valence-electron chi connectivity index (χ3n) is 3.09. The first-order valence-corrected chi connectivity index (χ1v) is 7.55. The van der Waals surface area contributed by atoms with Crippen molar-refractivity contribution in [2.24, 2.45) is 0 Å². The van der Waals surface area contributed by atoms with Crippen molar-refractivity contribution in [1.29, 1.82) is 0 Å². The van der Waals surface area contributed by atoms with Crippen molar-refractivity contribution in [3.8, 4) is 11.5 Å². The summed E-state index contributed by atoms with van der Waals surface area (Å²) in [6.07, 6.45) is 0. The fourth-order valence-corrected chi connectivity index (χ4v) is 1.95. The molecule has 0 amide bonds. The highest BCUT2D eigenvalue weighted by Gasteiger charge is 2.00. The van der Waals surface area contributed by atoms with Gasteiger partial charge in [-0.25, -0.2) is 0 Å². The Morgan fingerprint density at radius 3 is 1.35 bits per heavy atom. The van der Waals surface area contributed by atoms with Crippen molar-refractivity contribution in [1.82, 2.24) is 0 Å². The number of rotatable bonds is 10. The highest BCUT2D eigenvalue weighted by molar-refractivity contribution is 5.34. The molecule has 0 bridgehead atoms. The van der Waals surface area contributed by atoms with Gasteiger partial charge in [0.15, 0.2) is 0 Å². The summed E-state index contributed by atoms with van der Waals surface area (Å²) in [5.41, 5.74) is 2.06. The van der Waals surface area contributed by atoms with E-state index >= 15 is 0 Å². The zero-order valence-corrected chi connectivity index (χ0v) is 13.0. The quantitative estimate of drug-likeness (QED) is 0.659. The third-order valence-corrected chi connectivity index (χ3v) is 3.09. The monoisotopic (exact) mass is 318 g/mol. The van der Waals surface area contributed by atoms with Gasteiger partial charge in [-0.2, -0.15) is 0 Å². The molecule has 2 aromatic rings. The summed E-state index contributed by atoms with van der Waals surface area (Å²) in [5.74, 6) is 1.50. The number of hydrogen-bond acceptors (Lipinski definition) is 5. The number of aliphatic hydroxyl groups is 2. The summed E-state index contributed by atoms with van der Waals surface area (Å²) in [5, 5.41) is 17.3. The van der Waals surface area contributed by atoms with Crippen LogP contribution in [0.3, 0.4) is 0 Å². The Labute approximate surface area is 136 Å². The molecule has 0 saturated carbocycles. The van der Waals surface area contributed by atoms with Gasteiger partial charge in [0.25, 0.3) is 0 Å². The summed E-state index contributed by atoms with van der Waals surface area (Å²) in [7, 11) is 0. The number of aliphatic hydroxyl groups excluding tert-OH is 2. The van der Waals surface area contributed by atoms with E-state index in [1.165, 1.54) is 0 Å². The average Bonchev–Trinajstić information content (AvgIpc) is 2.58. The molecule has 0 aliphatic carbocycles. The molecule has 0 heterocycles. The normalized spacial score (nSPS) is 10.7. The molecule has 124 valence electrons. The van der Waals surface area contributed by atoms with Gasteiger partial charge in [-0.3, -0.25) is 0 Å². The van der Waals surface area contributed by atoms with Gasteiger partial charge in [0.2, 0.25) is 0 Å². The van der Waals surface area contributed by atoms with Crippen LogP contribution in [-0.2, 0) is 22.7 Å². The predicted octanol–water partition coefficient (Wildman–Crippen LogP) is 2.50. The van der Waals surface area contributed by atoms with Gasteiger partial charge < -0.3 is 24.4 Å². The van der Waals surface area contributed by atoms with E-state index in [0.717, 1.165) is 22.6 Å². The third kappa shape index (κ3) is 6.38. The van der Waals surface area contributed by atoms with Crippen molar-refractivity contribution in [2.45, 2.75) is 13.2 Å². The first kappa shape index (κ1) is 17.4. The molecule has 0 spiro atoms. The van der Waals surface area contributed by atoms with Gasteiger partial charge in [0, 0.05) is 0 Å². The van der Waals surface area contributed by atoms with Crippen LogP contribution in [0.5, 0.6) is 11.5 Å². The fourth-order valence-electron chi connectivity index (χ4n) is 1.95. The standard InChI is InChI=1S/C18H22O5/c19-9-11-21-13-15-1-5-17(6-2-15)23-18-7-3-16(4-8-18)14-22-12-10-20/h1-8,19-20H,9-14H2. The van der Waals surface area contributed by atoms with E-state index in [2.05, 4.69) is 0 Å². The van der Waals surface area contributed by atoms with Gasteiger partial charge in [-0.15, -0.1) is 0 Å². The molecule has 2 rings (SSSR count). The van der Waals surface area contributed by atoms with Crippen LogP contribution in [0.4, 0.5) is 0 Å². The fraction of sp³-hybridized carbons (Fsp3) is 0.333. The SMILES string of the molecule is OCCOCc1ccc(Oc2ccc(COCCO)cc2)cc1. The second-order valence-corrected chi connectivity index (χ2v) is 4.94. The topological polar surface area (TPSA) is 68.2 Å². The van der Waals surface area contributed by atoms with Crippen LogP contribution in [0.1, 0.15) is 11.1 Å². The maximum Gasteiger partial charge on any atom is 0.127 e. The lowest BCUT2D eigenvalue weighted by Crippen LogP contribution is -1.99. The van der Waals surface area contributed by atoms with E-state index in [1.807, 2.05) is 48.5 Å². The zero-order valence-electron chi connectivity index (χ0n) is 13.0. The number of hydrogen-bond donors (Lipinski definition) is 2. The van der Waals surface area contributed by atoms with Crippen LogP contribution >= 0.6 is 0 Å². The first-order valence-electron chi connectivity index (χ1n) is 7.55. The van der Waals surface area contributed by atoms with E-state index in [0.29, 0.717) is 26.4 Å². The highest BCUT2D eigenvalue weighted by Crippen LogP contribution is 2.22. The zero-order chi connectivity index (χ0) is 16.3. The van der Waals surface area contributed by atoms with Crippen molar-refractivity contribution in [3.63, 3.8) is 0 Å². The molecule has 0 unspecified atom stereocenters. The van der Waals surface area contributed by atoms with Crippen LogP contribution in [0, 0.1) is 0 Å². The van der Waals surface area contributed by atoms with Crippen LogP contribution in [0.15, 0.2) is 48.5 Å². The molecule has 0 atom stereocenters. The van der Waals surface area contributed by atoms with Crippen LogP contribution in [0.2, 0.25) is 0 Å². The van der Waals surface area contributed by atoms with E-state index in [-0.39, 0.29) is 13.2 Å². The smallest absolute Gasteiger partial charge is 0.127 e. The minimum Gasteiger partial charge on any atom is -0.457 e. The van der Waals surface area contributed by atoms with Crippen molar-refractivity contribution >= 4 is 0 Å². The Morgan fingerprint density at radius 2 is 1.00 bits per heavy atom. The molecule has 0 aromatic heterocycles. The van der Waals surface area contributed by atoms with E-state index < -0.39 is 0 Å². The minimum atomic E-state index is 0.0300. The lowest BCUT2D eigenvalue weighted by atomic mass is 10.2. The van der Waals surface area contributed by atoms with Gasteiger partial charge in [0.1, 0.15) is 11.5 Å². The van der Waals surface area contributed by atoms with Crippen molar-refractivity contribution in [3.05, 3.63) is 59.7 Å². The summed E-state index contributed by atoms with van der Waals surface area (Å²) < 4.78 is 16.3. The predicted molar refractivity (Wildman–Crippen MR) is 86.4 cm³/mol. The molecule has 0 aliphatic heterocycles. The van der Waals surface area contributed by atoms with E-state index in [4.69, 9.17) is 24.4 Å². The maximum absolute atomic E-state index is 8.67. The molecule has 5 nitrogen and oxygen atoms in total. The first-order chi connectivity index (χ1) is 11.3. The molecule has 23 heavy (non-hydrogen) atoms.